The first-order valence-electron chi connectivity index (χ1n) is 9.07. The minimum Gasteiger partial charge on any atom is -0.397 e. The number of nitrogens with two attached hydrogens (primary N) is 1. The predicted octanol–water partition coefficient (Wildman–Crippen LogP) is 3.77. The molecule has 5 heteroatoms. The summed E-state index contributed by atoms with van der Waals surface area (Å²) >= 11 is 3.53. The van der Waals surface area contributed by atoms with Crippen LogP contribution in [0.1, 0.15) is 41.6 Å². The van der Waals surface area contributed by atoms with Crippen molar-refractivity contribution < 1.29 is 4.79 Å². The molecule has 1 amide bonds. The SMILES string of the molecule is CN1[C@@H]2CC[C@H]1CC(N1Cc3cccc4c(N)c(Br)cc(c34)C1=O)C2. The largest absolute Gasteiger partial charge is 0.397 e. The number of nitrogens with zero attached hydrogens (tertiary/aromatic N) is 2. The first-order chi connectivity index (χ1) is 12.0. The third-order valence-electron chi connectivity index (χ3n) is 6.58. The van der Waals surface area contributed by atoms with Crippen molar-refractivity contribution in [2.24, 2.45) is 0 Å². The second kappa shape index (κ2) is 5.45. The Morgan fingerprint density at radius 3 is 2.60 bits per heavy atom. The van der Waals surface area contributed by atoms with Gasteiger partial charge < -0.3 is 15.5 Å². The van der Waals surface area contributed by atoms with E-state index in [-0.39, 0.29) is 5.91 Å². The van der Waals surface area contributed by atoms with Gasteiger partial charge in [-0.3, -0.25) is 4.79 Å². The lowest BCUT2D eigenvalue weighted by Gasteiger charge is -2.43. The Labute approximate surface area is 156 Å². The van der Waals surface area contributed by atoms with Gasteiger partial charge in [0.2, 0.25) is 0 Å². The van der Waals surface area contributed by atoms with Crippen molar-refractivity contribution >= 4 is 38.3 Å². The molecule has 2 fully saturated rings. The first kappa shape index (κ1) is 15.6. The van der Waals surface area contributed by atoms with Gasteiger partial charge in [-0.1, -0.05) is 18.2 Å². The van der Waals surface area contributed by atoms with E-state index in [9.17, 15) is 4.79 Å². The van der Waals surface area contributed by atoms with Crippen molar-refractivity contribution in [1.29, 1.82) is 0 Å². The lowest BCUT2D eigenvalue weighted by Crippen LogP contribution is -2.51. The molecule has 0 saturated carbocycles. The van der Waals surface area contributed by atoms with Crippen molar-refractivity contribution in [3.63, 3.8) is 0 Å². The highest BCUT2D eigenvalue weighted by Gasteiger charge is 2.42. The molecule has 5 rings (SSSR count). The Morgan fingerprint density at radius 2 is 1.88 bits per heavy atom. The van der Waals surface area contributed by atoms with Gasteiger partial charge in [0.05, 0.1) is 5.69 Å². The van der Waals surface area contributed by atoms with Crippen molar-refractivity contribution in [3.05, 3.63) is 39.9 Å². The number of nitrogen functional groups attached to an aromatic ring is 1. The number of hydrogen-bond donors (Lipinski definition) is 1. The number of amides is 1. The number of anilines is 1. The van der Waals surface area contributed by atoms with Gasteiger partial charge in [0.25, 0.3) is 5.91 Å². The normalized spacial score (nSPS) is 28.8. The lowest BCUT2D eigenvalue weighted by atomic mass is 9.90. The van der Waals surface area contributed by atoms with E-state index < -0.39 is 0 Å². The van der Waals surface area contributed by atoms with E-state index in [0.717, 1.165) is 39.3 Å². The summed E-state index contributed by atoms with van der Waals surface area (Å²) in [5, 5.41) is 2.03. The first-order valence-corrected chi connectivity index (χ1v) is 9.86. The summed E-state index contributed by atoms with van der Waals surface area (Å²) in [4.78, 5) is 18.0. The minimum absolute atomic E-state index is 0.165. The highest BCUT2D eigenvalue weighted by atomic mass is 79.9. The molecule has 1 unspecified atom stereocenters. The van der Waals surface area contributed by atoms with E-state index in [0.29, 0.717) is 24.7 Å². The number of fused-ring (bicyclic) bond motifs is 2. The minimum atomic E-state index is 0.165. The van der Waals surface area contributed by atoms with Gasteiger partial charge in [-0.05, 0) is 60.3 Å². The van der Waals surface area contributed by atoms with Crippen LogP contribution < -0.4 is 5.73 Å². The average Bonchev–Trinajstić information content (AvgIpc) is 2.83. The number of carbonyl (C=O) groups excluding carboxylic acids is 1. The summed E-state index contributed by atoms with van der Waals surface area (Å²) in [6.07, 6.45) is 4.74. The fourth-order valence-electron chi connectivity index (χ4n) is 5.19. The number of carbonyl (C=O) groups is 1. The molecule has 0 aromatic heterocycles. The maximum absolute atomic E-state index is 13.3. The summed E-state index contributed by atoms with van der Waals surface area (Å²) in [7, 11) is 2.24. The number of halogens is 1. The van der Waals surface area contributed by atoms with E-state index in [2.05, 4.69) is 44.9 Å². The zero-order chi connectivity index (χ0) is 17.3. The molecule has 0 aliphatic carbocycles. The van der Waals surface area contributed by atoms with Gasteiger partial charge in [-0.25, -0.2) is 0 Å². The van der Waals surface area contributed by atoms with Gasteiger partial charge in [0.15, 0.2) is 0 Å². The van der Waals surface area contributed by atoms with Gasteiger partial charge in [0, 0.05) is 45.5 Å². The Morgan fingerprint density at radius 1 is 1.16 bits per heavy atom. The maximum Gasteiger partial charge on any atom is 0.255 e. The summed E-state index contributed by atoms with van der Waals surface area (Å²) in [5.74, 6) is 0.165. The van der Waals surface area contributed by atoms with Crippen molar-refractivity contribution in [3.8, 4) is 0 Å². The Bertz CT molecular complexity index is 882. The van der Waals surface area contributed by atoms with Gasteiger partial charge in [-0.15, -0.1) is 0 Å². The molecule has 25 heavy (non-hydrogen) atoms. The summed E-state index contributed by atoms with van der Waals surface area (Å²) in [6, 6.07) is 9.73. The Balaban J connectivity index is 1.58. The summed E-state index contributed by atoms with van der Waals surface area (Å²) in [6.45, 7) is 0.706. The predicted molar refractivity (Wildman–Crippen MR) is 104 cm³/mol. The van der Waals surface area contributed by atoms with E-state index >= 15 is 0 Å². The van der Waals surface area contributed by atoms with Crippen molar-refractivity contribution in [2.75, 3.05) is 12.8 Å². The quantitative estimate of drug-likeness (QED) is 0.742. The Hall–Kier alpha value is -1.59. The third-order valence-corrected chi connectivity index (χ3v) is 7.24. The number of hydrogen-bond acceptors (Lipinski definition) is 3. The third kappa shape index (κ3) is 2.18. The van der Waals surface area contributed by atoms with Crippen LogP contribution in [-0.2, 0) is 6.54 Å². The number of piperidine rings is 1. The highest BCUT2D eigenvalue weighted by Crippen LogP contribution is 2.41. The van der Waals surface area contributed by atoms with Crippen LogP contribution >= 0.6 is 15.9 Å². The molecule has 2 aromatic rings. The molecule has 3 aliphatic heterocycles. The monoisotopic (exact) mass is 399 g/mol. The van der Waals surface area contributed by atoms with Crippen LogP contribution in [0.5, 0.6) is 0 Å². The topological polar surface area (TPSA) is 49.6 Å². The molecule has 130 valence electrons. The van der Waals surface area contributed by atoms with E-state index in [1.807, 2.05) is 12.1 Å². The van der Waals surface area contributed by atoms with Crippen LogP contribution in [0.3, 0.4) is 0 Å². The molecule has 2 N–H and O–H groups in total. The molecular formula is C20H22BrN3O. The van der Waals surface area contributed by atoms with Crippen molar-refractivity contribution in [2.45, 2.75) is 50.4 Å². The number of rotatable bonds is 1. The van der Waals surface area contributed by atoms with Crippen LogP contribution in [0.25, 0.3) is 10.8 Å². The standard InChI is InChI=1S/C20H22BrN3O/c1-23-12-5-6-13(23)8-14(7-12)24-10-11-3-2-4-15-18(11)16(20(24)25)9-17(21)19(15)22/h2-4,9,12-14H,5-8,10,22H2,1H3/t12-,13+,14?. The van der Waals surface area contributed by atoms with Crippen molar-refractivity contribution in [1.82, 2.24) is 9.80 Å². The molecule has 3 heterocycles. The zero-order valence-corrected chi connectivity index (χ0v) is 15.9. The van der Waals surface area contributed by atoms with Crippen LogP contribution in [-0.4, -0.2) is 40.9 Å². The second-order valence-electron chi connectivity index (χ2n) is 7.77. The lowest BCUT2D eigenvalue weighted by molar-refractivity contribution is 0.0452. The van der Waals surface area contributed by atoms with E-state index in [1.54, 1.807) is 0 Å². The fraction of sp³-hybridized carbons (Fsp3) is 0.450. The summed E-state index contributed by atoms with van der Waals surface area (Å²) < 4.78 is 0.811. The second-order valence-corrected chi connectivity index (χ2v) is 8.62. The molecule has 0 spiro atoms. The molecule has 4 nitrogen and oxygen atoms in total. The maximum atomic E-state index is 13.3. The molecule has 3 aliphatic rings. The van der Waals surface area contributed by atoms with Crippen LogP contribution in [0.4, 0.5) is 5.69 Å². The highest BCUT2D eigenvalue weighted by molar-refractivity contribution is 9.10. The smallest absolute Gasteiger partial charge is 0.255 e. The van der Waals surface area contributed by atoms with Crippen LogP contribution in [0.2, 0.25) is 0 Å². The number of benzene rings is 2. The zero-order valence-electron chi connectivity index (χ0n) is 14.3. The van der Waals surface area contributed by atoms with Crippen LogP contribution in [0, 0.1) is 0 Å². The molecule has 3 atom stereocenters. The van der Waals surface area contributed by atoms with Gasteiger partial charge >= 0.3 is 0 Å². The van der Waals surface area contributed by atoms with Gasteiger partial charge in [-0.2, -0.15) is 0 Å². The van der Waals surface area contributed by atoms with E-state index in [1.165, 1.54) is 18.4 Å². The molecule has 2 bridgehead atoms. The van der Waals surface area contributed by atoms with Gasteiger partial charge in [0.1, 0.15) is 0 Å². The van der Waals surface area contributed by atoms with Crippen LogP contribution in [0.15, 0.2) is 28.7 Å². The molecule has 2 aromatic carbocycles. The fourth-order valence-corrected chi connectivity index (χ4v) is 5.63. The molecule has 2 saturated heterocycles. The van der Waals surface area contributed by atoms with E-state index in [4.69, 9.17) is 5.73 Å². The molecular weight excluding hydrogens is 378 g/mol. The molecule has 0 radical (unpaired) electrons. The average molecular weight is 400 g/mol. The Kier molecular flexibility index (Phi) is 3.41. The summed E-state index contributed by atoms with van der Waals surface area (Å²) in [5.41, 5.74) is 8.98.